The summed E-state index contributed by atoms with van der Waals surface area (Å²) in [6, 6.07) is 22.2. The van der Waals surface area contributed by atoms with Crippen molar-refractivity contribution in [2.75, 3.05) is 13.7 Å². The number of halogens is 1. The highest BCUT2D eigenvalue weighted by Gasteiger charge is 2.44. The Morgan fingerprint density at radius 2 is 1.51 bits per heavy atom. The van der Waals surface area contributed by atoms with Gasteiger partial charge in [0.05, 0.1) is 12.6 Å². The zero-order valence-corrected chi connectivity index (χ0v) is 27.4. The van der Waals surface area contributed by atoms with Crippen molar-refractivity contribution in [2.24, 2.45) is 0 Å². The zero-order chi connectivity index (χ0) is 29.9. The number of hydrogen-bond acceptors (Lipinski definition) is 4. The van der Waals surface area contributed by atoms with Crippen molar-refractivity contribution in [3.8, 4) is 17.0 Å². The van der Waals surface area contributed by atoms with Gasteiger partial charge in [-0.15, -0.1) is 0 Å². The van der Waals surface area contributed by atoms with Gasteiger partial charge in [0.1, 0.15) is 6.10 Å². The van der Waals surface area contributed by atoms with Gasteiger partial charge in [-0.25, -0.2) is 4.98 Å². The largest absolute Gasteiger partial charge is 0.481 e. The first-order valence-corrected chi connectivity index (χ1v) is 17.2. The average Bonchev–Trinajstić information content (AvgIpc) is 2.95. The summed E-state index contributed by atoms with van der Waals surface area (Å²) < 4.78 is 12.4. The molecule has 4 rings (SSSR count). The van der Waals surface area contributed by atoms with Crippen LogP contribution < -0.4 is 4.74 Å². The average molecular weight is 590 g/mol. The Kier molecular flexibility index (Phi) is 9.96. The second kappa shape index (κ2) is 13.1. The lowest BCUT2D eigenvalue weighted by Gasteiger charge is -2.42. The third-order valence-corrected chi connectivity index (χ3v) is 15.1. The number of fused-ring (bicyclic) bond motifs is 1. The molecule has 0 bridgehead atoms. The van der Waals surface area contributed by atoms with Crippen LogP contribution in [-0.2, 0) is 10.8 Å². The highest BCUT2D eigenvalue weighted by molar-refractivity contribution is 6.77. The van der Waals surface area contributed by atoms with E-state index in [9.17, 15) is 5.11 Å². The fourth-order valence-electron chi connectivity index (χ4n) is 6.50. The van der Waals surface area contributed by atoms with Crippen molar-refractivity contribution < 1.29 is 14.3 Å². The number of methoxy groups -OCH3 is 1. The van der Waals surface area contributed by atoms with Crippen LogP contribution in [0.25, 0.3) is 22.0 Å². The Labute approximate surface area is 251 Å². The minimum atomic E-state index is -1.92. The Bertz CT molecular complexity index is 1480. The Balaban J connectivity index is 1.68. The number of nitrogens with zero attached hydrogens (tertiary/aromatic N) is 1. The number of aliphatic hydroxyl groups is 1. The molecule has 1 atom stereocenters. The molecule has 41 heavy (non-hydrogen) atoms. The molecule has 3 aromatic carbocycles. The summed E-state index contributed by atoms with van der Waals surface area (Å²) in [5, 5.41) is 12.9. The van der Waals surface area contributed by atoms with Crippen LogP contribution in [0.1, 0.15) is 69.9 Å². The molecule has 218 valence electrons. The summed E-state index contributed by atoms with van der Waals surface area (Å²) in [5.74, 6) is 0.560. The van der Waals surface area contributed by atoms with E-state index >= 15 is 0 Å². The standard InChI is InChI=1S/C35H44ClNO3Si/c1-22(2)41(23(3)4,24(5)6)40-17-16-26-10-9-11-27(19-26)30-21-34(39-8)37-33-15-13-29(20-31(30)33)35(38)28-12-14-32(36)25(7)18-28/h9-15,18-24,35,38H,16-17H2,1-8H3. The Hall–Kier alpha value is -2.70. The summed E-state index contributed by atoms with van der Waals surface area (Å²) >= 11 is 6.23. The van der Waals surface area contributed by atoms with Crippen LogP contribution in [0.15, 0.2) is 66.7 Å². The quantitative estimate of drug-likeness (QED) is 0.177. The molecular weight excluding hydrogens is 546 g/mol. The van der Waals surface area contributed by atoms with E-state index < -0.39 is 14.4 Å². The van der Waals surface area contributed by atoms with Gasteiger partial charge >= 0.3 is 0 Å². The first-order chi connectivity index (χ1) is 19.5. The van der Waals surface area contributed by atoms with E-state index in [2.05, 4.69) is 65.8 Å². The molecule has 0 saturated heterocycles. The molecule has 0 aliphatic carbocycles. The van der Waals surface area contributed by atoms with Crippen LogP contribution in [0, 0.1) is 6.92 Å². The number of aryl methyl sites for hydroxylation is 1. The molecule has 0 aliphatic heterocycles. The number of aromatic nitrogens is 1. The Morgan fingerprint density at radius 1 is 0.854 bits per heavy atom. The summed E-state index contributed by atoms with van der Waals surface area (Å²) in [7, 11) is -0.276. The van der Waals surface area contributed by atoms with Gasteiger partial charge in [0.15, 0.2) is 8.32 Å². The predicted octanol–water partition coefficient (Wildman–Crippen LogP) is 9.69. The molecule has 1 N–H and O–H groups in total. The predicted molar refractivity (Wildman–Crippen MR) is 175 cm³/mol. The molecule has 4 nitrogen and oxygen atoms in total. The third kappa shape index (κ3) is 6.54. The number of hydrogen-bond donors (Lipinski definition) is 1. The number of benzene rings is 3. The van der Waals surface area contributed by atoms with E-state index in [4.69, 9.17) is 25.7 Å². The molecule has 1 unspecified atom stereocenters. The summed E-state index contributed by atoms with van der Waals surface area (Å²) in [6.07, 6.45) is 0.0792. The lowest BCUT2D eigenvalue weighted by Crippen LogP contribution is -2.48. The lowest BCUT2D eigenvalue weighted by atomic mass is 9.94. The van der Waals surface area contributed by atoms with Gasteiger partial charge < -0.3 is 14.3 Å². The maximum absolute atomic E-state index is 11.3. The molecule has 0 spiro atoms. The third-order valence-electron chi connectivity index (χ3n) is 8.52. The second-order valence-corrected chi connectivity index (χ2v) is 17.9. The van der Waals surface area contributed by atoms with Crippen LogP contribution in [0.3, 0.4) is 0 Å². The van der Waals surface area contributed by atoms with E-state index in [-0.39, 0.29) is 0 Å². The van der Waals surface area contributed by atoms with E-state index in [0.717, 1.165) is 51.7 Å². The molecule has 0 aliphatic rings. The fraction of sp³-hybridized carbons (Fsp3) is 0.400. The second-order valence-electron chi connectivity index (χ2n) is 12.0. The highest BCUT2D eigenvalue weighted by atomic mass is 35.5. The maximum atomic E-state index is 11.3. The lowest BCUT2D eigenvalue weighted by molar-refractivity contribution is 0.220. The highest BCUT2D eigenvalue weighted by Crippen LogP contribution is 2.42. The minimum absolute atomic E-state index is 0.560. The van der Waals surface area contributed by atoms with Gasteiger partial charge in [-0.1, -0.05) is 95.6 Å². The van der Waals surface area contributed by atoms with Crippen LogP contribution in [0.5, 0.6) is 5.88 Å². The molecule has 6 heteroatoms. The monoisotopic (exact) mass is 589 g/mol. The van der Waals surface area contributed by atoms with Crippen molar-refractivity contribution in [2.45, 2.75) is 77.6 Å². The summed E-state index contributed by atoms with van der Waals surface area (Å²) in [6.45, 7) is 16.6. The Morgan fingerprint density at radius 3 is 2.15 bits per heavy atom. The SMILES string of the molecule is COc1cc(-c2cccc(CCO[Si](C(C)C)(C(C)C)C(C)C)c2)c2cc(C(O)c3ccc(Cl)c(C)c3)ccc2n1. The molecule has 1 aromatic heterocycles. The zero-order valence-electron chi connectivity index (χ0n) is 25.7. The summed E-state index contributed by atoms with van der Waals surface area (Å²) in [5.41, 5.74) is 8.38. The van der Waals surface area contributed by atoms with Gasteiger partial charge in [-0.2, -0.15) is 0 Å². The van der Waals surface area contributed by atoms with Crippen molar-refractivity contribution >= 4 is 30.8 Å². The van der Waals surface area contributed by atoms with Gasteiger partial charge in [0.25, 0.3) is 0 Å². The van der Waals surface area contributed by atoms with Crippen molar-refractivity contribution in [3.05, 3.63) is 94.0 Å². The van der Waals surface area contributed by atoms with Crippen molar-refractivity contribution in [3.63, 3.8) is 0 Å². The van der Waals surface area contributed by atoms with Crippen LogP contribution in [0.4, 0.5) is 0 Å². The van der Waals surface area contributed by atoms with Crippen LogP contribution in [0.2, 0.25) is 21.6 Å². The molecule has 4 aromatic rings. The first kappa shape index (κ1) is 31.2. The van der Waals surface area contributed by atoms with Crippen LogP contribution >= 0.6 is 11.6 Å². The van der Waals surface area contributed by atoms with E-state index in [1.807, 2.05) is 49.4 Å². The normalized spacial score (nSPS) is 13.0. The van der Waals surface area contributed by atoms with Gasteiger partial charge in [0.2, 0.25) is 5.88 Å². The van der Waals surface area contributed by atoms with Crippen LogP contribution in [-0.4, -0.2) is 32.1 Å². The number of aliphatic hydroxyl groups excluding tert-OH is 1. The molecular formula is C35H44ClNO3Si. The van der Waals surface area contributed by atoms with E-state index in [1.54, 1.807) is 7.11 Å². The van der Waals surface area contributed by atoms with Gasteiger partial charge in [-0.05, 0) is 81.5 Å². The molecule has 0 radical (unpaired) electrons. The molecule has 0 amide bonds. The number of rotatable bonds is 11. The van der Waals surface area contributed by atoms with Gasteiger partial charge in [0, 0.05) is 23.1 Å². The smallest absolute Gasteiger partial charge is 0.214 e. The van der Waals surface area contributed by atoms with Crippen molar-refractivity contribution in [1.29, 1.82) is 0 Å². The number of ether oxygens (including phenoxy) is 1. The fourth-order valence-corrected chi connectivity index (χ4v) is 12.1. The van der Waals surface area contributed by atoms with Gasteiger partial charge in [-0.3, -0.25) is 0 Å². The first-order valence-electron chi connectivity index (χ1n) is 14.6. The molecule has 1 heterocycles. The minimum Gasteiger partial charge on any atom is -0.481 e. The topological polar surface area (TPSA) is 51.6 Å². The van der Waals surface area contributed by atoms with Crippen molar-refractivity contribution in [1.82, 2.24) is 4.98 Å². The molecule has 0 saturated carbocycles. The van der Waals surface area contributed by atoms with E-state index in [0.29, 0.717) is 27.5 Å². The molecule has 0 fully saturated rings. The van der Waals surface area contributed by atoms with E-state index in [1.165, 1.54) is 5.56 Å². The summed E-state index contributed by atoms with van der Waals surface area (Å²) in [4.78, 5) is 4.69. The maximum Gasteiger partial charge on any atom is 0.214 e. The number of pyridine rings is 1.